The van der Waals surface area contributed by atoms with Gasteiger partial charge in [-0.25, -0.2) is 13.2 Å². The first-order valence-electron chi connectivity index (χ1n) is 6.39. The number of pyridine rings is 1. The van der Waals surface area contributed by atoms with E-state index < -0.39 is 21.1 Å². The number of carbonyl (C=O) groups is 1. The first kappa shape index (κ1) is 14.3. The highest BCUT2D eigenvalue weighted by Crippen LogP contribution is 2.33. The molecule has 0 spiro atoms. The zero-order chi connectivity index (χ0) is 15.2. The molecule has 1 aliphatic heterocycles. The Balaban J connectivity index is 2.21. The summed E-state index contributed by atoms with van der Waals surface area (Å²) >= 11 is 5.99. The minimum atomic E-state index is -3.30. The number of hydrogen-bond acceptors (Lipinski definition) is 5. The average molecular weight is 330 g/mol. The van der Waals surface area contributed by atoms with Crippen molar-refractivity contribution in [2.75, 3.05) is 5.75 Å². The summed E-state index contributed by atoms with van der Waals surface area (Å²) in [5.41, 5.74) is 0.221. The van der Waals surface area contributed by atoms with E-state index in [9.17, 15) is 13.2 Å². The summed E-state index contributed by atoms with van der Waals surface area (Å²) in [5, 5.41) is 16.3. The van der Waals surface area contributed by atoms with E-state index in [4.69, 9.17) is 16.7 Å². The van der Waals surface area contributed by atoms with Gasteiger partial charge in [0.2, 0.25) is 0 Å². The molecule has 112 valence electrons. The summed E-state index contributed by atoms with van der Waals surface area (Å²) in [6.45, 7) is 0. The van der Waals surface area contributed by atoms with Gasteiger partial charge in [0.15, 0.2) is 21.3 Å². The topological polar surface area (TPSA) is 102 Å². The maximum atomic E-state index is 12.2. The molecule has 9 heteroatoms. The molecular weight excluding hydrogens is 318 g/mol. The Morgan fingerprint density at radius 2 is 2.14 bits per heavy atom. The van der Waals surface area contributed by atoms with Crippen LogP contribution in [0, 0.1) is 0 Å². The van der Waals surface area contributed by atoms with Crippen LogP contribution in [0.1, 0.15) is 40.7 Å². The molecule has 3 heterocycles. The number of nitrogens with zero attached hydrogens (tertiary/aromatic N) is 3. The van der Waals surface area contributed by atoms with Crippen LogP contribution in [0.15, 0.2) is 12.3 Å². The molecule has 21 heavy (non-hydrogen) atoms. The SMILES string of the molecule is O=C(O)c1cc(Cl)c2nnc(C3CCCCS3(=O)=O)n2c1. The molecule has 0 bridgehead atoms. The van der Waals surface area contributed by atoms with Gasteiger partial charge in [0.1, 0.15) is 5.25 Å². The van der Waals surface area contributed by atoms with Gasteiger partial charge in [0.05, 0.1) is 16.3 Å². The molecule has 1 aliphatic rings. The lowest BCUT2D eigenvalue weighted by atomic mass is 10.2. The number of aromatic carboxylic acids is 1. The van der Waals surface area contributed by atoms with Crippen LogP contribution in [-0.2, 0) is 9.84 Å². The Hall–Kier alpha value is -1.67. The quantitative estimate of drug-likeness (QED) is 0.900. The number of aromatic nitrogens is 3. The second-order valence-corrected chi connectivity index (χ2v) is 7.70. The molecule has 1 N–H and O–H groups in total. The van der Waals surface area contributed by atoms with Crippen LogP contribution < -0.4 is 0 Å². The van der Waals surface area contributed by atoms with Gasteiger partial charge in [-0.2, -0.15) is 0 Å². The zero-order valence-corrected chi connectivity index (χ0v) is 12.4. The fraction of sp³-hybridized carbons (Fsp3) is 0.417. The number of fused-ring (bicyclic) bond motifs is 1. The van der Waals surface area contributed by atoms with Crippen LogP contribution in [0.3, 0.4) is 0 Å². The van der Waals surface area contributed by atoms with Crippen molar-refractivity contribution in [3.8, 4) is 0 Å². The number of carboxylic acid groups (broad SMARTS) is 1. The van der Waals surface area contributed by atoms with E-state index in [1.54, 1.807) is 0 Å². The van der Waals surface area contributed by atoms with Crippen LogP contribution in [0.25, 0.3) is 5.65 Å². The van der Waals surface area contributed by atoms with Crippen molar-refractivity contribution >= 4 is 33.1 Å². The molecule has 1 atom stereocenters. The van der Waals surface area contributed by atoms with Crippen molar-refractivity contribution in [3.63, 3.8) is 0 Å². The van der Waals surface area contributed by atoms with Crippen LogP contribution in [0.5, 0.6) is 0 Å². The van der Waals surface area contributed by atoms with Gasteiger partial charge in [-0.1, -0.05) is 18.0 Å². The highest BCUT2D eigenvalue weighted by Gasteiger charge is 2.34. The smallest absolute Gasteiger partial charge is 0.337 e. The van der Waals surface area contributed by atoms with Gasteiger partial charge in [-0.3, -0.25) is 4.40 Å². The molecule has 0 aliphatic carbocycles. The lowest BCUT2D eigenvalue weighted by Crippen LogP contribution is -2.23. The van der Waals surface area contributed by atoms with Gasteiger partial charge >= 0.3 is 5.97 Å². The van der Waals surface area contributed by atoms with E-state index in [2.05, 4.69) is 10.2 Å². The molecule has 2 aromatic heterocycles. The summed E-state index contributed by atoms with van der Waals surface area (Å²) in [6, 6.07) is 1.27. The normalized spacial score (nSPS) is 21.5. The fourth-order valence-electron chi connectivity index (χ4n) is 2.55. The Kier molecular flexibility index (Phi) is 3.37. The predicted molar refractivity (Wildman–Crippen MR) is 75.3 cm³/mol. The Bertz CT molecular complexity index is 830. The van der Waals surface area contributed by atoms with Crippen LogP contribution in [-0.4, -0.2) is 39.8 Å². The number of rotatable bonds is 2. The van der Waals surface area contributed by atoms with E-state index in [0.29, 0.717) is 12.8 Å². The van der Waals surface area contributed by atoms with Crippen LogP contribution in [0.4, 0.5) is 0 Å². The number of halogens is 1. The molecule has 2 aromatic rings. The third-order valence-electron chi connectivity index (χ3n) is 3.60. The molecule has 0 saturated carbocycles. The fourth-order valence-corrected chi connectivity index (χ4v) is 4.70. The third-order valence-corrected chi connectivity index (χ3v) is 6.05. The van der Waals surface area contributed by atoms with Crippen molar-refractivity contribution in [2.45, 2.75) is 24.5 Å². The van der Waals surface area contributed by atoms with Gasteiger partial charge in [-0.15, -0.1) is 10.2 Å². The molecule has 7 nitrogen and oxygen atoms in total. The number of hydrogen-bond donors (Lipinski definition) is 1. The third kappa shape index (κ3) is 2.38. The largest absolute Gasteiger partial charge is 0.478 e. The standard InChI is InChI=1S/C12H12ClN3O4S/c13-8-5-7(12(17)18)6-16-10(8)14-15-11(16)9-3-1-2-4-21(9,19)20/h5-6,9H,1-4H2,(H,17,18). The van der Waals surface area contributed by atoms with E-state index in [-0.39, 0.29) is 27.8 Å². The van der Waals surface area contributed by atoms with Crippen molar-refractivity contribution in [3.05, 3.63) is 28.7 Å². The van der Waals surface area contributed by atoms with Crippen molar-refractivity contribution in [2.24, 2.45) is 0 Å². The number of carboxylic acids is 1. The maximum absolute atomic E-state index is 12.2. The maximum Gasteiger partial charge on any atom is 0.337 e. The van der Waals surface area contributed by atoms with E-state index in [1.807, 2.05) is 0 Å². The second kappa shape index (κ2) is 4.96. The van der Waals surface area contributed by atoms with Gasteiger partial charge in [-0.05, 0) is 18.9 Å². The summed E-state index contributed by atoms with van der Waals surface area (Å²) in [6.07, 6.45) is 3.18. The molecule has 1 saturated heterocycles. The van der Waals surface area contributed by atoms with Gasteiger partial charge in [0.25, 0.3) is 0 Å². The first-order valence-corrected chi connectivity index (χ1v) is 8.48. The average Bonchev–Trinajstić information content (AvgIpc) is 2.82. The summed E-state index contributed by atoms with van der Waals surface area (Å²) in [4.78, 5) is 11.1. The molecular formula is C12H12ClN3O4S. The Morgan fingerprint density at radius 1 is 1.38 bits per heavy atom. The lowest BCUT2D eigenvalue weighted by Gasteiger charge is -2.20. The summed E-state index contributed by atoms with van der Waals surface area (Å²) in [7, 11) is -3.30. The minimum Gasteiger partial charge on any atom is -0.478 e. The summed E-state index contributed by atoms with van der Waals surface area (Å²) < 4.78 is 25.8. The molecule has 1 fully saturated rings. The van der Waals surface area contributed by atoms with Gasteiger partial charge in [0, 0.05) is 6.20 Å². The monoisotopic (exact) mass is 329 g/mol. The van der Waals surface area contributed by atoms with Crippen LogP contribution >= 0.6 is 11.6 Å². The number of sulfone groups is 1. The second-order valence-electron chi connectivity index (χ2n) is 4.99. The van der Waals surface area contributed by atoms with E-state index in [0.717, 1.165) is 6.42 Å². The van der Waals surface area contributed by atoms with Crippen molar-refractivity contribution in [1.29, 1.82) is 0 Å². The molecule has 0 aromatic carbocycles. The van der Waals surface area contributed by atoms with Crippen molar-refractivity contribution < 1.29 is 18.3 Å². The Labute approximate surface area is 125 Å². The first-order chi connectivity index (χ1) is 9.90. The van der Waals surface area contributed by atoms with Gasteiger partial charge < -0.3 is 5.11 Å². The van der Waals surface area contributed by atoms with E-state index >= 15 is 0 Å². The highest BCUT2D eigenvalue weighted by molar-refractivity contribution is 7.91. The van der Waals surface area contributed by atoms with Crippen LogP contribution in [0.2, 0.25) is 5.02 Å². The molecule has 3 rings (SSSR count). The zero-order valence-electron chi connectivity index (χ0n) is 10.9. The molecule has 0 amide bonds. The van der Waals surface area contributed by atoms with Crippen molar-refractivity contribution in [1.82, 2.24) is 14.6 Å². The molecule has 0 radical (unpaired) electrons. The molecule has 1 unspecified atom stereocenters. The summed E-state index contributed by atoms with van der Waals surface area (Å²) in [5.74, 6) is -0.807. The van der Waals surface area contributed by atoms with E-state index in [1.165, 1.54) is 16.7 Å². The minimum absolute atomic E-state index is 0.0400. The Morgan fingerprint density at radius 3 is 2.81 bits per heavy atom. The highest BCUT2D eigenvalue weighted by atomic mass is 35.5. The predicted octanol–water partition coefficient (Wildman–Crippen LogP) is 1.72. The lowest BCUT2D eigenvalue weighted by molar-refractivity contribution is 0.0696.